The monoisotopic (exact) mass is 274 g/mol. The Labute approximate surface area is 115 Å². The normalized spacial score (nSPS) is 13.3. The molecule has 3 rings (SSSR count). The molecular formula is C14H14N2O2S. The number of nitrogens with zero attached hydrogens (tertiary/aromatic N) is 1. The number of rotatable bonds is 2. The van der Waals surface area contributed by atoms with Gasteiger partial charge in [0, 0.05) is 4.90 Å². The van der Waals surface area contributed by atoms with Crippen molar-refractivity contribution in [3.05, 3.63) is 36.0 Å². The number of nitrogen functional groups attached to an aromatic ring is 1. The molecule has 0 fully saturated rings. The van der Waals surface area contributed by atoms with Crippen molar-refractivity contribution in [1.29, 1.82) is 0 Å². The van der Waals surface area contributed by atoms with Crippen molar-refractivity contribution in [3.63, 3.8) is 0 Å². The van der Waals surface area contributed by atoms with Gasteiger partial charge in [-0.1, -0.05) is 11.8 Å². The standard InChI is InChI=1S/C14H14N2O2S/c1-9-11(15)3-5-14(16-9)19-10-2-4-12-13(8-10)18-7-6-17-12/h2-5,8H,6-7,15H2,1H3. The predicted molar refractivity (Wildman–Crippen MR) is 74.9 cm³/mol. The third kappa shape index (κ3) is 2.61. The van der Waals surface area contributed by atoms with Gasteiger partial charge in [0.05, 0.1) is 11.4 Å². The smallest absolute Gasteiger partial charge is 0.162 e. The lowest BCUT2D eigenvalue weighted by Crippen LogP contribution is -2.15. The van der Waals surface area contributed by atoms with Crippen LogP contribution < -0.4 is 15.2 Å². The Morgan fingerprint density at radius 2 is 1.89 bits per heavy atom. The van der Waals surface area contributed by atoms with E-state index in [1.165, 1.54) is 0 Å². The lowest BCUT2D eigenvalue weighted by molar-refractivity contribution is 0.171. The van der Waals surface area contributed by atoms with E-state index in [-0.39, 0.29) is 0 Å². The molecule has 0 saturated heterocycles. The average Bonchev–Trinajstić information content (AvgIpc) is 2.43. The van der Waals surface area contributed by atoms with E-state index in [0.29, 0.717) is 18.9 Å². The lowest BCUT2D eigenvalue weighted by Gasteiger charge is -2.18. The summed E-state index contributed by atoms with van der Waals surface area (Å²) in [4.78, 5) is 5.52. The van der Waals surface area contributed by atoms with Gasteiger partial charge < -0.3 is 15.2 Å². The number of aromatic nitrogens is 1. The summed E-state index contributed by atoms with van der Waals surface area (Å²) in [5.74, 6) is 1.60. The third-order valence-corrected chi connectivity index (χ3v) is 3.76. The first-order valence-corrected chi connectivity index (χ1v) is 6.84. The Balaban J connectivity index is 1.84. The summed E-state index contributed by atoms with van der Waals surface area (Å²) < 4.78 is 11.1. The Kier molecular flexibility index (Phi) is 3.21. The molecule has 0 unspecified atom stereocenters. The number of pyridine rings is 1. The van der Waals surface area contributed by atoms with Gasteiger partial charge in [-0.3, -0.25) is 0 Å². The van der Waals surface area contributed by atoms with Gasteiger partial charge in [-0.05, 0) is 37.3 Å². The zero-order valence-electron chi connectivity index (χ0n) is 10.6. The molecule has 0 spiro atoms. The van der Waals surface area contributed by atoms with Gasteiger partial charge in [0.15, 0.2) is 11.5 Å². The molecule has 1 aromatic carbocycles. The maximum atomic E-state index is 5.76. The van der Waals surface area contributed by atoms with Crippen LogP contribution in [0.4, 0.5) is 5.69 Å². The van der Waals surface area contributed by atoms with E-state index in [4.69, 9.17) is 15.2 Å². The zero-order chi connectivity index (χ0) is 13.2. The van der Waals surface area contributed by atoms with Gasteiger partial charge in [0.1, 0.15) is 18.2 Å². The van der Waals surface area contributed by atoms with Crippen molar-refractivity contribution in [2.45, 2.75) is 16.8 Å². The van der Waals surface area contributed by atoms with Crippen LogP contribution in [0.1, 0.15) is 5.69 Å². The molecule has 19 heavy (non-hydrogen) atoms. The highest BCUT2D eigenvalue weighted by Gasteiger charge is 2.12. The van der Waals surface area contributed by atoms with E-state index < -0.39 is 0 Å². The first-order chi connectivity index (χ1) is 9.22. The molecule has 0 bridgehead atoms. The highest BCUT2D eigenvalue weighted by atomic mass is 32.2. The number of anilines is 1. The molecule has 98 valence electrons. The fourth-order valence-corrected chi connectivity index (χ4v) is 2.68. The van der Waals surface area contributed by atoms with Crippen LogP contribution in [0.5, 0.6) is 11.5 Å². The number of hydrogen-bond acceptors (Lipinski definition) is 5. The molecule has 4 nitrogen and oxygen atoms in total. The van der Waals surface area contributed by atoms with Crippen LogP contribution in [-0.2, 0) is 0 Å². The second kappa shape index (κ2) is 5.01. The minimum atomic E-state index is 0.598. The predicted octanol–water partition coefficient (Wildman–Crippen LogP) is 2.89. The molecule has 1 aromatic heterocycles. The lowest BCUT2D eigenvalue weighted by atomic mass is 10.3. The molecule has 0 saturated carbocycles. The van der Waals surface area contributed by atoms with Crippen molar-refractivity contribution in [1.82, 2.24) is 4.98 Å². The molecule has 2 aromatic rings. The summed E-state index contributed by atoms with van der Waals surface area (Å²) in [7, 11) is 0. The molecule has 0 amide bonds. The summed E-state index contributed by atoms with van der Waals surface area (Å²) in [5.41, 5.74) is 7.33. The molecule has 5 heteroatoms. The second-order valence-corrected chi connectivity index (χ2v) is 5.33. The van der Waals surface area contributed by atoms with E-state index in [9.17, 15) is 0 Å². The molecule has 1 aliphatic heterocycles. The molecule has 0 aliphatic carbocycles. The van der Waals surface area contributed by atoms with Crippen molar-refractivity contribution >= 4 is 17.4 Å². The third-order valence-electron chi connectivity index (χ3n) is 2.84. The van der Waals surface area contributed by atoms with E-state index in [1.54, 1.807) is 11.8 Å². The van der Waals surface area contributed by atoms with Crippen molar-refractivity contribution in [2.24, 2.45) is 0 Å². The second-order valence-electron chi connectivity index (χ2n) is 4.23. The average molecular weight is 274 g/mol. The van der Waals surface area contributed by atoms with Crippen molar-refractivity contribution in [3.8, 4) is 11.5 Å². The highest BCUT2D eigenvalue weighted by Crippen LogP contribution is 2.36. The van der Waals surface area contributed by atoms with E-state index in [2.05, 4.69) is 4.98 Å². The van der Waals surface area contributed by atoms with Crippen LogP contribution in [0, 0.1) is 6.92 Å². The van der Waals surface area contributed by atoms with Crippen molar-refractivity contribution < 1.29 is 9.47 Å². The quantitative estimate of drug-likeness (QED) is 0.912. The summed E-state index contributed by atoms with van der Waals surface area (Å²) in [6, 6.07) is 9.71. The number of aryl methyl sites for hydroxylation is 1. The van der Waals surface area contributed by atoms with Gasteiger partial charge in [-0.15, -0.1) is 0 Å². The van der Waals surface area contributed by atoms with E-state index >= 15 is 0 Å². The van der Waals surface area contributed by atoms with E-state index in [1.807, 2.05) is 37.3 Å². The highest BCUT2D eigenvalue weighted by molar-refractivity contribution is 7.99. The Morgan fingerprint density at radius 1 is 1.11 bits per heavy atom. The number of benzene rings is 1. The van der Waals surface area contributed by atoms with Gasteiger partial charge in [-0.2, -0.15) is 0 Å². The fraction of sp³-hybridized carbons (Fsp3) is 0.214. The number of nitrogens with two attached hydrogens (primary N) is 1. The minimum absolute atomic E-state index is 0.598. The van der Waals surface area contributed by atoms with Gasteiger partial charge >= 0.3 is 0 Å². The van der Waals surface area contributed by atoms with Gasteiger partial charge in [0.25, 0.3) is 0 Å². The van der Waals surface area contributed by atoms with Gasteiger partial charge in [-0.25, -0.2) is 4.98 Å². The van der Waals surface area contributed by atoms with Crippen LogP contribution in [0.25, 0.3) is 0 Å². The van der Waals surface area contributed by atoms with Crippen LogP contribution >= 0.6 is 11.8 Å². The first-order valence-electron chi connectivity index (χ1n) is 6.03. The molecule has 2 heterocycles. The van der Waals surface area contributed by atoms with Crippen LogP contribution in [0.2, 0.25) is 0 Å². The molecular weight excluding hydrogens is 260 g/mol. The summed E-state index contributed by atoms with van der Waals surface area (Å²) in [6.45, 7) is 3.11. The summed E-state index contributed by atoms with van der Waals surface area (Å²) in [6.07, 6.45) is 0. The van der Waals surface area contributed by atoms with Gasteiger partial charge in [0.2, 0.25) is 0 Å². The Hall–Kier alpha value is -1.88. The number of hydrogen-bond donors (Lipinski definition) is 1. The van der Waals surface area contributed by atoms with Crippen LogP contribution in [0.15, 0.2) is 40.3 Å². The zero-order valence-corrected chi connectivity index (χ0v) is 11.4. The molecule has 1 aliphatic rings. The van der Waals surface area contributed by atoms with Crippen LogP contribution in [-0.4, -0.2) is 18.2 Å². The largest absolute Gasteiger partial charge is 0.486 e. The summed E-state index contributed by atoms with van der Waals surface area (Å²) >= 11 is 1.58. The minimum Gasteiger partial charge on any atom is -0.486 e. The molecule has 0 atom stereocenters. The molecule has 2 N–H and O–H groups in total. The van der Waals surface area contributed by atoms with E-state index in [0.717, 1.165) is 27.1 Å². The Bertz CT molecular complexity index is 616. The fourth-order valence-electron chi connectivity index (χ4n) is 1.81. The number of ether oxygens (including phenoxy) is 2. The number of fused-ring (bicyclic) bond motifs is 1. The Morgan fingerprint density at radius 3 is 2.68 bits per heavy atom. The summed E-state index contributed by atoms with van der Waals surface area (Å²) in [5, 5.41) is 0.920. The first kappa shape index (κ1) is 12.2. The topological polar surface area (TPSA) is 57.4 Å². The van der Waals surface area contributed by atoms with Crippen molar-refractivity contribution in [2.75, 3.05) is 18.9 Å². The SMILES string of the molecule is Cc1nc(Sc2ccc3c(c2)OCCO3)ccc1N. The van der Waals surface area contributed by atoms with Crippen LogP contribution in [0.3, 0.4) is 0 Å². The maximum absolute atomic E-state index is 5.76. The molecule has 0 radical (unpaired) electrons. The maximum Gasteiger partial charge on any atom is 0.162 e.